The van der Waals surface area contributed by atoms with Crippen molar-refractivity contribution in [1.82, 2.24) is 25.3 Å². The number of carbonyl (C=O) groups excluding carboxylic acids is 2. The molecule has 0 spiro atoms. The molecule has 0 unspecified atom stereocenters. The molecular weight excluding hydrogens is 362 g/mol. The summed E-state index contributed by atoms with van der Waals surface area (Å²) in [5, 5.41) is 14.7. The van der Waals surface area contributed by atoms with E-state index in [1.54, 1.807) is 0 Å². The lowest BCUT2D eigenvalue weighted by molar-refractivity contribution is -0.137. The van der Waals surface area contributed by atoms with E-state index in [0.29, 0.717) is 32.0 Å². The average Bonchev–Trinajstić information content (AvgIpc) is 2.74. The molecule has 3 heterocycles. The van der Waals surface area contributed by atoms with Crippen molar-refractivity contribution >= 4 is 17.9 Å². The molecule has 158 valence electrons. The van der Waals surface area contributed by atoms with Gasteiger partial charge in [-0.25, -0.2) is 4.79 Å². The smallest absolute Gasteiger partial charge is 0.320 e. The van der Waals surface area contributed by atoms with Crippen molar-refractivity contribution in [2.45, 2.75) is 38.1 Å². The number of likely N-dealkylation sites (tertiary alicyclic amines) is 1. The molecule has 0 aromatic carbocycles. The Bertz CT molecular complexity index is 551. The first-order valence-corrected chi connectivity index (χ1v) is 10.5. The van der Waals surface area contributed by atoms with E-state index in [4.69, 9.17) is 5.11 Å². The first-order valence-electron chi connectivity index (χ1n) is 10.5. The Morgan fingerprint density at radius 2 is 1.50 bits per heavy atom. The van der Waals surface area contributed by atoms with Crippen LogP contribution in [0.15, 0.2) is 0 Å². The number of piperidine rings is 2. The van der Waals surface area contributed by atoms with Crippen LogP contribution in [0.1, 0.15) is 32.1 Å². The van der Waals surface area contributed by atoms with Gasteiger partial charge in [-0.2, -0.15) is 0 Å². The summed E-state index contributed by atoms with van der Waals surface area (Å²) in [7, 11) is 0. The summed E-state index contributed by atoms with van der Waals surface area (Å²) in [4.78, 5) is 41.8. The Hall–Kier alpha value is -1.87. The number of rotatable bonds is 5. The van der Waals surface area contributed by atoms with Gasteiger partial charge in [0.05, 0.1) is 6.42 Å². The van der Waals surface area contributed by atoms with Gasteiger partial charge in [-0.05, 0) is 38.8 Å². The third kappa shape index (κ3) is 5.57. The minimum absolute atomic E-state index is 0.0631. The predicted molar refractivity (Wildman–Crippen MR) is 104 cm³/mol. The summed E-state index contributed by atoms with van der Waals surface area (Å²) < 4.78 is 0. The van der Waals surface area contributed by atoms with Gasteiger partial charge in [-0.15, -0.1) is 0 Å². The molecule has 3 N–H and O–H groups in total. The number of piperazine rings is 1. The van der Waals surface area contributed by atoms with Crippen molar-refractivity contribution < 1.29 is 19.5 Å². The van der Waals surface area contributed by atoms with Crippen molar-refractivity contribution in [2.24, 2.45) is 5.92 Å². The molecule has 3 aliphatic rings. The number of amides is 3. The number of carboxylic acids is 1. The highest BCUT2D eigenvalue weighted by molar-refractivity contribution is 5.80. The number of carboxylic acid groups (broad SMARTS) is 1. The van der Waals surface area contributed by atoms with Crippen molar-refractivity contribution in [3.63, 3.8) is 0 Å². The monoisotopic (exact) mass is 395 g/mol. The van der Waals surface area contributed by atoms with Gasteiger partial charge < -0.3 is 25.5 Å². The van der Waals surface area contributed by atoms with Crippen LogP contribution in [0, 0.1) is 5.92 Å². The molecule has 0 aromatic rings. The number of nitrogens with zero attached hydrogens (tertiary/aromatic N) is 3. The number of urea groups is 1. The summed E-state index contributed by atoms with van der Waals surface area (Å²) in [6, 6.07) is 0.739. The molecule has 3 amide bonds. The molecule has 0 bridgehead atoms. The normalized spacial score (nSPS) is 22.9. The minimum Gasteiger partial charge on any atom is -0.481 e. The molecule has 3 fully saturated rings. The number of aliphatic carboxylic acids is 1. The highest BCUT2D eigenvalue weighted by Gasteiger charge is 2.32. The molecule has 28 heavy (non-hydrogen) atoms. The van der Waals surface area contributed by atoms with E-state index in [9.17, 15) is 14.4 Å². The quantitative estimate of drug-likeness (QED) is 0.594. The van der Waals surface area contributed by atoms with Crippen molar-refractivity contribution in [3.05, 3.63) is 0 Å². The lowest BCUT2D eigenvalue weighted by atomic mass is 9.96. The zero-order chi connectivity index (χ0) is 19.9. The van der Waals surface area contributed by atoms with Crippen LogP contribution in [0.5, 0.6) is 0 Å². The van der Waals surface area contributed by atoms with Crippen LogP contribution in [-0.4, -0.2) is 103 Å². The van der Waals surface area contributed by atoms with E-state index >= 15 is 0 Å². The lowest BCUT2D eigenvalue weighted by Gasteiger charge is -2.42. The van der Waals surface area contributed by atoms with Gasteiger partial charge in [-0.3, -0.25) is 14.5 Å². The molecule has 0 aliphatic carbocycles. The second-order valence-corrected chi connectivity index (χ2v) is 7.98. The number of nitrogens with one attached hydrogen (secondary N) is 2. The fourth-order valence-corrected chi connectivity index (χ4v) is 4.42. The van der Waals surface area contributed by atoms with Crippen LogP contribution >= 0.6 is 0 Å². The summed E-state index contributed by atoms with van der Waals surface area (Å²) in [6.07, 6.45) is 3.60. The van der Waals surface area contributed by atoms with Gasteiger partial charge in [0.25, 0.3) is 0 Å². The summed E-state index contributed by atoms with van der Waals surface area (Å²) >= 11 is 0. The van der Waals surface area contributed by atoms with E-state index in [0.717, 1.165) is 39.3 Å². The minimum atomic E-state index is -0.916. The standard InChI is InChI=1S/C19H33N5O4/c25-17(26)3-8-21-18(27)15-4-9-23(10-5-15)19(28)24-13-11-22(12-14-24)16-1-6-20-7-2-16/h15-16,20H,1-14H2,(H,21,27)(H,25,26). The molecule has 9 heteroatoms. The van der Waals surface area contributed by atoms with E-state index < -0.39 is 5.97 Å². The Morgan fingerprint density at radius 3 is 2.11 bits per heavy atom. The van der Waals surface area contributed by atoms with E-state index in [1.807, 2.05) is 9.80 Å². The number of hydrogen-bond acceptors (Lipinski definition) is 5. The largest absolute Gasteiger partial charge is 0.481 e. The number of hydrogen-bond donors (Lipinski definition) is 3. The van der Waals surface area contributed by atoms with Gasteiger partial charge in [0.2, 0.25) is 5.91 Å². The lowest BCUT2D eigenvalue weighted by Crippen LogP contribution is -2.57. The van der Waals surface area contributed by atoms with Gasteiger partial charge in [0, 0.05) is 57.8 Å². The van der Waals surface area contributed by atoms with E-state index in [-0.39, 0.29) is 30.8 Å². The molecule has 3 aliphatic heterocycles. The van der Waals surface area contributed by atoms with Gasteiger partial charge in [-0.1, -0.05) is 0 Å². The first kappa shape index (κ1) is 20.9. The molecule has 0 atom stereocenters. The summed E-state index contributed by atoms with van der Waals surface area (Å²) in [5.74, 6) is -1.14. The van der Waals surface area contributed by atoms with Crippen molar-refractivity contribution in [3.8, 4) is 0 Å². The molecule has 0 saturated carbocycles. The third-order valence-corrected chi connectivity index (χ3v) is 6.18. The van der Waals surface area contributed by atoms with Crippen LogP contribution in [0.3, 0.4) is 0 Å². The third-order valence-electron chi connectivity index (χ3n) is 6.18. The van der Waals surface area contributed by atoms with E-state index in [1.165, 1.54) is 12.8 Å². The van der Waals surface area contributed by atoms with Crippen molar-refractivity contribution in [1.29, 1.82) is 0 Å². The average molecular weight is 396 g/mol. The van der Waals surface area contributed by atoms with Crippen LogP contribution < -0.4 is 10.6 Å². The topological polar surface area (TPSA) is 105 Å². The summed E-state index contributed by atoms with van der Waals surface area (Å²) in [5.41, 5.74) is 0. The van der Waals surface area contributed by atoms with E-state index in [2.05, 4.69) is 15.5 Å². The Balaban J connectivity index is 1.37. The predicted octanol–water partition coefficient (Wildman–Crippen LogP) is -0.221. The van der Waals surface area contributed by atoms with Crippen LogP contribution in [0.4, 0.5) is 4.79 Å². The summed E-state index contributed by atoms with van der Waals surface area (Å²) in [6.45, 7) is 6.95. The van der Waals surface area contributed by atoms with Gasteiger partial charge >= 0.3 is 12.0 Å². The Kier molecular flexibility index (Phi) is 7.50. The van der Waals surface area contributed by atoms with Crippen molar-refractivity contribution in [2.75, 3.05) is 58.9 Å². The fourth-order valence-electron chi connectivity index (χ4n) is 4.42. The maximum atomic E-state index is 12.8. The van der Waals surface area contributed by atoms with Crippen LogP contribution in [0.25, 0.3) is 0 Å². The maximum absolute atomic E-state index is 12.8. The maximum Gasteiger partial charge on any atom is 0.320 e. The highest BCUT2D eigenvalue weighted by Crippen LogP contribution is 2.20. The zero-order valence-corrected chi connectivity index (χ0v) is 16.6. The molecule has 3 saturated heterocycles. The van der Waals surface area contributed by atoms with Crippen LogP contribution in [0.2, 0.25) is 0 Å². The second kappa shape index (κ2) is 10.1. The van der Waals surface area contributed by atoms with Crippen LogP contribution in [-0.2, 0) is 9.59 Å². The van der Waals surface area contributed by atoms with Gasteiger partial charge in [0.1, 0.15) is 0 Å². The molecule has 0 aromatic heterocycles. The number of carbonyl (C=O) groups is 3. The Labute approximate surface area is 166 Å². The first-order chi connectivity index (χ1) is 13.5. The molecular formula is C19H33N5O4. The molecule has 9 nitrogen and oxygen atoms in total. The molecule has 3 rings (SSSR count). The SMILES string of the molecule is O=C(O)CCNC(=O)C1CCN(C(=O)N2CCN(C3CCNCC3)CC2)CC1. The highest BCUT2D eigenvalue weighted by atomic mass is 16.4. The molecule has 0 radical (unpaired) electrons. The Morgan fingerprint density at radius 1 is 0.893 bits per heavy atom. The van der Waals surface area contributed by atoms with Gasteiger partial charge in [0.15, 0.2) is 0 Å². The second-order valence-electron chi connectivity index (χ2n) is 7.98. The zero-order valence-electron chi connectivity index (χ0n) is 16.6. The fraction of sp³-hybridized carbons (Fsp3) is 0.842.